The number of aromatic nitrogens is 2. The number of piperidine rings is 1. The van der Waals surface area contributed by atoms with Crippen LogP contribution in [0.5, 0.6) is 0 Å². The monoisotopic (exact) mass is 420 g/mol. The Morgan fingerprint density at radius 1 is 1.03 bits per heavy atom. The summed E-state index contributed by atoms with van der Waals surface area (Å²) in [6, 6.07) is 17.5. The normalized spacial score (nSPS) is 14.5. The van der Waals surface area contributed by atoms with Crippen LogP contribution in [0.2, 0.25) is 0 Å². The van der Waals surface area contributed by atoms with Gasteiger partial charge in [-0.15, -0.1) is 10.2 Å². The number of hydrogen-bond acceptors (Lipinski definition) is 5. The minimum absolute atomic E-state index is 0.162. The molecule has 6 nitrogen and oxygen atoms in total. The fraction of sp³-hybridized carbons (Fsp3) is 0.304. The van der Waals surface area contributed by atoms with Crippen LogP contribution in [0, 0.1) is 6.92 Å². The molecule has 0 atom stereocenters. The number of amides is 2. The lowest BCUT2D eigenvalue weighted by atomic mass is 9.97. The zero-order valence-corrected chi connectivity index (χ0v) is 17.7. The molecule has 2 aromatic carbocycles. The van der Waals surface area contributed by atoms with Gasteiger partial charge in [0, 0.05) is 24.7 Å². The zero-order chi connectivity index (χ0) is 20.9. The second-order valence-corrected chi connectivity index (χ2v) is 8.54. The fourth-order valence-corrected chi connectivity index (χ4v) is 4.55. The second kappa shape index (κ2) is 9.17. The predicted molar refractivity (Wildman–Crippen MR) is 118 cm³/mol. The largest absolute Gasteiger partial charge is 0.342 e. The zero-order valence-electron chi connectivity index (χ0n) is 16.9. The predicted octanol–water partition coefficient (Wildman–Crippen LogP) is 4.05. The third-order valence-corrected chi connectivity index (χ3v) is 6.51. The van der Waals surface area contributed by atoms with Crippen LogP contribution in [0.4, 0.5) is 5.69 Å². The molecule has 0 saturated carbocycles. The van der Waals surface area contributed by atoms with Gasteiger partial charge in [-0.25, -0.2) is 0 Å². The van der Waals surface area contributed by atoms with Crippen molar-refractivity contribution in [2.75, 3.05) is 18.4 Å². The third-order valence-electron chi connectivity index (χ3n) is 5.42. The summed E-state index contributed by atoms with van der Waals surface area (Å²) < 4.78 is 0. The Balaban J connectivity index is 1.32. The SMILES string of the molecule is Cc1ccccc1NC(=O)c1nnc(C2CCN(C(=O)Cc3ccccc3)CC2)s1. The molecular weight excluding hydrogens is 396 g/mol. The van der Waals surface area contributed by atoms with Crippen molar-refractivity contribution >= 4 is 28.8 Å². The van der Waals surface area contributed by atoms with Gasteiger partial charge in [0.15, 0.2) is 0 Å². The maximum atomic E-state index is 12.6. The average molecular weight is 421 g/mol. The molecule has 0 aliphatic carbocycles. The average Bonchev–Trinajstić information content (AvgIpc) is 3.27. The van der Waals surface area contributed by atoms with E-state index in [1.807, 2.05) is 66.4 Å². The highest BCUT2D eigenvalue weighted by molar-refractivity contribution is 7.13. The maximum absolute atomic E-state index is 12.6. The number of para-hydroxylation sites is 1. The summed E-state index contributed by atoms with van der Waals surface area (Å²) in [4.78, 5) is 27.0. The van der Waals surface area contributed by atoms with Crippen molar-refractivity contribution < 1.29 is 9.59 Å². The van der Waals surface area contributed by atoms with E-state index in [4.69, 9.17) is 0 Å². The summed E-state index contributed by atoms with van der Waals surface area (Å²) in [5.41, 5.74) is 2.82. The Labute approximate surface area is 180 Å². The third kappa shape index (κ3) is 4.74. The molecule has 1 saturated heterocycles. The van der Waals surface area contributed by atoms with E-state index in [2.05, 4.69) is 15.5 Å². The Hall–Kier alpha value is -3.06. The number of nitrogens with zero attached hydrogens (tertiary/aromatic N) is 3. The van der Waals surface area contributed by atoms with Crippen LogP contribution in [0.3, 0.4) is 0 Å². The molecule has 1 aromatic heterocycles. The minimum atomic E-state index is -0.233. The van der Waals surface area contributed by atoms with E-state index in [1.165, 1.54) is 11.3 Å². The highest BCUT2D eigenvalue weighted by atomic mass is 32.1. The lowest BCUT2D eigenvalue weighted by Gasteiger charge is -2.31. The van der Waals surface area contributed by atoms with Crippen molar-refractivity contribution in [1.82, 2.24) is 15.1 Å². The van der Waals surface area contributed by atoms with Crippen LogP contribution in [-0.4, -0.2) is 40.0 Å². The Morgan fingerprint density at radius 2 is 1.73 bits per heavy atom. The number of likely N-dealkylation sites (tertiary alicyclic amines) is 1. The fourth-order valence-electron chi connectivity index (χ4n) is 3.64. The van der Waals surface area contributed by atoms with E-state index in [-0.39, 0.29) is 17.7 Å². The van der Waals surface area contributed by atoms with Crippen LogP contribution in [-0.2, 0) is 11.2 Å². The van der Waals surface area contributed by atoms with E-state index in [9.17, 15) is 9.59 Å². The van der Waals surface area contributed by atoms with Crippen molar-refractivity contribution in [1.29, 1.82) is 0 Å². The van der Waals surface area contributed by atoms with E-state index in [0.717, 1.165) is 34.7 Å². The highest BCUT2D eigenvalue weighted by Gasteiger charge is 2.27. The van der Waals surface area contributed by atoms with Crippen molar-refractivity contribution in [2.45, 2.75) is 32.1 Å². The topological polar surface area (TPSA) is 75.2 Å². The number of carbonyl (C=O) groups excluding carboxylic acids is 2. The van der Waals surface area contributed by atoms with Gasteiger partial charge >= 0.3 is 0 Å². The molecule has 1 N–H and O–H groups in total. The number of rotatable bonds is 5. The molecule has 0 radical (unpaired) electrons. The lowest BCUT2D eigenvalue weighted by Crippen LogP contribution is -2.38. The van der Waals surface area contributed by atoms with Crippen LogP contribution in [0.15, 0.2) is 54.6 Å². The molecule has 1 aliphatic rings. The molecule has 0 unspecified atom stereocenters. The van der Waals surface area contributed by atoms with Crippen molar-refractivity contribution in [3.8, 4) is 0 Å². The van der Waals surface area contributed by atoms with Gasteiger partial charge in [0.25, 0.3) is 5.91 Å². The van der Waals surface area contributed by atoms with Gasteiger partial charge in [-0.3, -0.25) is 9.59 Å². The van der Waals surface area contributed by atoms with E-state index >= 15 is 0 Å². The van der Waals surface area contributed by atoms with Gasteiger partial charge in [-0.1, -0.05) is 59.9 Å². The quantitative estimate of drug-likeness (QED) is 0.676. The van der Waals surface area contributed by atoms with Crippen LogP contribution < -0.4 is 5.32 Å². The highest BCUT2D eigenvalue weighted by Crippen LogP contribution is 2.30. The van der Waals surface area contributed by atoms with E-state index in [1.54, 1.807) is 0 Å². The molecular formula is C23H24N4O2S. The molecule has 3 aromatic rings. The van der Waals surface area contributed by atoms with Crippen molar-refractivity contribution in [3.05, 3.63) is 75.7 Å². The molecule has 1 aliphatic heterocycles. The molecule has 0 spiro atoms. The lowest BCUT2D eigenvalue weighted by molar-refractivity contribution is -0.131. The summed E-state index contributed by atoms with van der Waals surface area (Å²) in [5.74, 6) is 0.169. The Morgan fingerprint density at radius 3 is 2.47 bits per heavy atom. The molecule has 0 bridgehead atoms. The number of anilines is 1. The number of nitrogens with one attached hydrogen (secondary N) is 1. The number of carbonyl (C=O) groups is 2. The molecule has 7 heteroatoms. The van der Waals surface area contributed by atoms with Crippen LogP contribution in [0.1, 0.15) is 44.7 Å². The van der Waals surface area contributed by atoms with Crippen molar-refractivity contribution in [3.63, 3.8) is 0 Å². The summed E-state index contributed by atoms with van der Waals surface area (Å²) in [5, 5.41) is 12.5. The number of benzene rings is 2. The molecule has 4 rings (SSSR count). The van der Waals surface area contributed by atoms with E-state index in [0.29, 0.717) is 24.5 Å². The molecule has 154 valence electrons. The van der Waals surface area contributed by atoms with Gasteiger partial charge in [0.2, 0.25) is 10.9 Å². The van der Waals surface area contributed by atoms with Gasteiger partial charge in [-0.2, -0.15) is 0 Å². The van der Waals surface area contributed by atoms with Gasteiger partial charge in [-0.05, 0) is 37.0 Å². The van der Waals surface area contributed by atoms with Gasteiger partial charge < -0.3 is 10.2 Å². The minimum Gasteiger partial charge on any atom is -0.342 e. The molecule has 30 heavy (non-hydrogen) atoms. The molecule has 2 heterocycles. The first-order chi connectivity index (χ1) is 14.6. The summed E-state index contributed by atoms with van der Waals surface area (Å²) in [6.07, 6.45) is 2.12. The molecule has 1 fully saturated rings. The first-order valence-electron chi connectivity index (χ1n) is 10.1. The smallest absolute Gasteiger partial charge is 0.286 e. The van der Waals surface area contributed by atoms with Crippen molar-refractivity contribution in [2.24, 2.45) is 0 Å². The maximum Gasteiger partial charge on any atom is 0.286 e. The van der Waals surface area contributed by atoms with Crippen LogP contribution >= 0.6 is 11.3 Å². The standard InChI is InChI=1S/C23H24N4O2S/c1-16-7-5-6-10-19(16)24-21(29)23-26-25-22(30-23)18-11-13-27(14-12-18)20(28)15-17-8-3-2-4-9-17/h2-10,18H,11-15H2,1H3,(H,24,29). The Bertz CT molecular complexity index is 1030. The molecule has 2 amide bonds. The first kappa shape index (κ1) is 20.2. The number of aryl methyl sites for hydroxylation is 1. The van der Waals surface area contributed by atoms with E-state index < -0.39 is 0 Å². The van der Waals surface area contributed by atoms with Gasteiger partial charge in [0.05, 0.1) is 6.42 Å². The number of hydrogen-bond donors (Lipinski definition) is 1. The summed E-state index contributed by atoms with van der Waals surface area (Å²) in [6.45, 7) is 3.37. The first-order valence-corrected chi connectivity index (χ1v) is 10.9. The second-order valence-electron chi connectivity index (χ2n) is 7.53. The van der Waals surface area contributed by atoms with Gasteiger partial charge in [0.1, 0.15) is 5.01 Å². The van der Waals surface area contributed by atoms with Crippen LogP contribution in [0.25, 0.3) is 0 Å². The summed E-state index contributed by atoms with van der Waals surface area (Å²) in [7, 11) is 0. The summed E-state index contributed by atoms with van der Waals surface area (Å²) >= 11 is 1.35. The Kier molecular flexibility index (Phi) is 6.18.